The molecule has 0 saturated carbocycles. The second-order valence-corrected chi connectivity index (χ2v) is 3.09. The van der Waals surface area contributed by atoms with E-state index in [1.165, 1.54) is 0 Å². The number of hydrogen-bond acceptors (Lipinski definition) is 3. The lowest BCUT2D eigenvalue weighted by Crippen LogP contribution is -2.16. The molecular formula is C10H14N2O2. The maximum absolute atomic E-state index is 11.2. The number of carbonyl (C=O) groups is 1. The van der Waals surface area contributed by atoms with Crippen LogP contribution in [0.3, 0.4) is 0 Å². The van der Waals surface area contributed by atoms with Crippen LogP contribution in [0, 0.1) is 6.92 Å². The molecule has 1 rings (SSSR count). The van der Waals surface area contributed by atoms with Gasteiger partial charge in [-0.2, -0.15) is 0 Å². The van der Waals surface area contributed by atoms with E-state index in [0.717, 1.165) is 5.56 Å². The number of carbonyl (C=O) groups excluding carboxylic acids is 1. The fourth-order valence-electron chi connectivity index (χ4n) is 1.09. The summed E-state index contributed by atoms with van der Waals surface area (Å²) >= 11 is 0. The van der Waals surface area contributed by atoms with Crippen LogP contribution in [-0.2, 0) is 4.79 Å². The SMILES string of the molecule is Cc1cc(NC(=O)CCN)ccc1O. The third-order valence-electron chi connectivity index (χ3n) is 1.85. The quantitative estimate of drug-likeness (QED) is 0.628. The molecule has 4 heteroatoms. The minimum atomic E-state index is -0.113. The summed E-state index contributed by atoms with van der Waals surface area (Å²) in [6.45, 7) is 2.11. The Morgan fingerprint density at radius 3 is 2.86 bits per heavy atom. The molecule has 1 aromatic carbocycles. The average Bonchev–Trinajstić information content (AvgIpc) is 2.12. The zero-order valence-corrected chi connectivity index (χ0v) is 8.08. The Morgan fingerprint density at radius 1 is 1.57 bits per heavy atom. The van der Waals surface area contributed by atoms with E-state index in [1.807, 2.05) is 0 Å². The van der Waals surface area contributed by atoms with E-state index < -0.39 is 0 Å². The lowest BCUT2D eigenvalue weighted by atomic mass is 10.2. The molecule has 0 bridgehead atoms. The van der Waals surface area contributed by atoms with Gasteiger partial charge in [-0.3, -0.25) is 4.79 Å². The predicted octanol–water partition coefficient (Wildman–Crippen LogP) is 0.988. The number of aryl methyl sites for hydroxylation is 1. The summed E-state index contributed by atoms with van der Waals surface area (Å²) in [4.78, 5) is 11.2. The van der Waals surface area contributed by atoms with Crippen molar-refractivity contribution >= 4 is 11.6 Å². The topological polar surface area (TPSA) is 75.4 Å². The van der Waals surface area contributed by atoms with Gasteiger partial charge in [-0.05, 0) is 30.7 Å². The number of rotatable bonds is 3. The summed E-state index contributed by atoms with van der Waals surface area (Å²) in [6, 6.07) is 4.91. The van der Waals surface area contributed by atoms with Crippen molar-refractivity contribution in [2.24, 2.45) is 5.73 Å². The third-order valence-corrected chi connectivity index (χ3v) is 1.85. The van der Waals surface area contributed by atoms with Crippen molar-refractivity contribution in [1.82, 2.24) is 0 Å². The molecule has 0 aromatic heterocycles. The Bertz CT molecular complexity index is 337. The van der Waals surface area contributed by atoms with Crippen molar-refractivity contribution in [1.29, 1.82) is 0 Å². The highest BCUT2D eigenvalue weighted by molar-refractivity contribution is 5.90. The average molecular weight is 194 g/mol. The van der Waals surface area contributed by atoms with Gasteiger partial charge < -0.3 is 16.2 Å². The largest absolute Gasteiger partial charge is 0.508 e. The van der Waals surface area contributed by atoms with Gasteiger partial charge >= 0.3 is 0 Å². The van der Waals surface area contributed by atoms with Crippen LogP contribution in [0.25, 0.3) is 0 Å². The lowest BCUT2D eigenvalue weighted by Gasteiger charge is -2.05. The van der Waals surface area contributed by atoms with Gasteiger partial charge in [-0.1, -0.05) is 0 Å². The molecule has 0 spiro atoms. The second kappa shape index (κ2) is 4.62. The molecular weight excluding hydrogens is 180 g/mol. The highest BCUT2D eigenvalue weighted by atomic mass is 16.3. The number of anilines is 1. The molecule has 0 aliphatic carbocycles. The Hall–Kier alpha value is -1.55. The fourth-order valence-corrected chi connectivity index (χ4v) is 1.09. The van der Waals surface area contributed by atoms with Crippen LogP contribution in [0.4, 0.5) is 5.69 Å². The summed E-state index contributed by atoms with van der Waals surface area (Å²) in [7, 11) is 0. The number of benzene rings is 1. The fraction of sp³-hybridized carbons (Fsp3) is 0.300. The number of phenolic OH excluding ortho intramolecular Hbond substituents is 1. The summed E-state index contributed by atoms with van der Waals surface area (Å²) in [6.07, 6.45) is 0.305. The van der Waals surface area contributed by atoms with Gasteiger partial charge in [-0.15, -0.1) is 0 Å². The van der Waals surface area contributed by atoms with Crippen molar-refractivity contribution in [3.63, 3.8) is 0 Å². The zero-order chi connectivity index (χ0) is 10.6. The van der Waals surface area contributed by atoms with E-state index in [2.05, 4.69) is 5.32 Å². The first-order chi connectivity index (χ1) is 6.63. The highest BCUT2D eigenvalue weighted by Gasteiger charge is 2.02. The van der Waals surface area contributed by atoms with Crippen molar-refractivity contribution in [2.45, 2.75) is 13.3 Å². The molecule has 0 fully saturated rings. The van der Waals surface area contributed by atoms with Crippen LogP contribution in [0.5, 0.6) is 5.75 Å². The number of phenols is 1. The van der Waals surface area contributed by atoms with Crippen molar-refractivity contribution in [3.8, 4) is 5.75 Å². The van der Waals surface area contributed by atoms with Crippen molar-refractivity contribution in [3.05, 3.63) is 23.8 Å². The summed E-state index contributed by atoms with van der Waals surface area (Å²) in [5.41, 5.74) is 6.65. The maximum atomic E-state index is 11.2. The molecule has 4 N–H and O–H groups in total. The van der Waals surface area contributed by atoms with Crippen LogP contribution in [0.1, 0.15) is 12.0 Å². The Labute approximate surface area is 82.7 Å². The monoisotopic (exact) mass is 194 g/mol. The first kappa shape index (κ1) is 10.5. The van der Waals surface area contributed by atoms with Gasteiger partial charge in [0.25, 0.3) is 0 Å². The van der Waals surface area contributed by atoms with Crippen molar-refractivity contribution < 1.29 is 9.90 Å². The van der Waals surface area contributed by atoms with Gasteiger partial charge in [0.2, 0.25) is 5.91 Å². The van der Waals surface area contributed by atoms with Crippen LogP contribution >= 0.6 is 0 Å². The number of hydrogen-bond donors (Lipinski definition) is 3. The molecule has 0 aliphatic rings. The summed E-state index contributed by atoms with van der Waals surface area (Å²) < 4.78 is 0. The number of amides is 1. The summed E-state index contributed by atoms with van der Waals surface area (Å²) in [5.74, 6) is 0.111. The number of nitrogens with one attached hydrogen (secondary N) is 1. The molecule has 1 amide bonds. The molecule has 0 aliphatic heterocycles. The molecule has 0 atom stereocenters. The Morgan fingerprint density at radius 2 is 2.29 bits per heavy atom. The molecule has 0 saturated heterocycles. The van der Waals surface area contributed by atoms with Crippen LogP contribution in [-0.4, -0.2) is 17.6 Å². The van der Waals surface area contributed by atoms with E-state index in [9.17, 15) is 9.90 Å². The van der Waals surface area contributed by atoms with Gasteiger partial charge in [0.05, 0.1) is 0 Å². The normalized spacial score (nSPS) is 9.86. The molecule has 76 valence electrons. The molecule has 0 radical (unpaired) electrons. The maximum Gasteiger partial charge on any atom is 0.225 e. The summed E-state index contributed by atoms with van der Waals surface area (Å²) in [5, 5.41) is 11.9. The third kappa shape index (κ3) is 2.74. The standard InChI is InChI=1S/C10H14N2O2/c1-7-6-8(2-3-9(7)13)12-10(14)4-5-11/h2-3,6,13H,4-5,11H2,1H3,(H,12,14). The van der Waals surface area contributed by atoms with Crippen LogP contribution in [0.15, 0.2) is 18.2 Å². The predicted molar refractivity (Wildman–Crippen MR) is 55.1 cm³/mol. The Kier molecular flexibility index (Phi) is 3.48. The smallest absolute Gasteiger partial charge is 0.225 e. The van der Waals surface area contributed by atoms with E-state index in [0.29, 0.717) is 18.7 Å². The van der Waals surface area contributed by atoms with Crippen molar-refractivity contribution in [2.75, 3.05) is 11.9 Å². The first-order valence-electron chi connectivity index (χ1n) is 4.43. The minimum Gasteiger partial charge on any atom is -0.508 e. The van der Waals surface area contributed by atoms with Gasteiger partial charge in [0, 0.05) is 18.7 Å². The lowest BCUT2D eigenvalue weighted by molar-refractivity contribution is -0.116. The first-order valence-corrected chi connectivity index (χ1v) is 4.43. The van der Waals surface area contributed by atoms with Gasteiger partial charge in [-0.25, -0.2) is 0 Å². The number of aromatic hydroxyl groups is 1. The Balaban J connectivity index is 2.68. The van der Waals surface area contributed by atoms with E-state index in [4.69, 9.17) is 5.73 Å². The van der Waals surface area contributed by atoms with E-state index in [-0.39, 0.29) is 11.7 Å². The van der Waals surface area contributed by atoms with Gasteiger partial charge in [0.15, 0.2) is 0 Å². The van der Waals surface area contributed by atoms with Crippen LogP contribution < -0.4 is 11.1 Å². The molecule has 1 aromatic rings. The van der Waals surface area contributed by atoms with E-state index >= 15 is 0 Å². The minimum absolute atomic E-state index is 0.113. The molecule has 4 nitrogen and oxygen atoms in total. The second-order valence-electron chi connectivity index (χ2n) is 3.09. The number of nitrogens with two attached hydrogens (primary N) is 1. The van der Waals surface area contributed by atoms with E-state index in [1.54, 1.807) is 25.1 Å². The van der Waals surface area contributed by atoms with Gasteiger partial charge in [0.1, 0.15) is 5.75 Å². The zero-order valence-electron chi connectivity index (χ0n) is 8.08. The molecule has 0 heterocycles. The molecule has 0 unspecified atom stereocenters. The molecule has 14 heavy (non-hydrogen) atoms. The highest BCUT2D eigenvalue weighted by Crippen LogP contribution is 2.19. The van der Waals surface area contributed by atoms with Crippen LogP contribution in [0.2, 0.25) is 0 Å².